The number of thioether (sulfide) groups is 1. The highest BCUT2D eigenvalue weighted by atomic mass is 32.2. The molecule has 0 unspecified atom stereocenters. The second-order valence-electron chi connectivity index (χ2n) is 9.90. The van der Waals surface area contributed by atoms with Gasteiger partial charge in [-0.15, -0.1) is 0 Å². The summed E-state index contributed by atoms with van der Waals surface area (Å²) in [6.07, 6.45) is 4.23. The molecule has 0 radical (unpaired) electrons. The Labute approximate surface area is 237 Å². The van der Waals surface area contributed by atoms with Crippen molar-refractivity contribution in [2.75, 3.05) is 0 Å². The Bertz CT molecular complexity index is 2050. The van der Waals surface area contributed by atoms with Crippen molar-refractivity contribution in [2.24, 2.45) is 0 Å². The molecule has 0 fully saturated rings. The number of hydrogen-bond donors (Lipinski definition) is 0. The summed E-state index contributed by atoms with van der Waals surface area (Å²) >= 11 is 1.82. The van der Waals surface area contributed by atoms with Gasteiger partial charge in [-0.2, -0.15) is 0 Å². The van der Waals surface area contributed by atoms with Crippen molar-refractivity contribution in [3.05, 3.63) is 139 Å². The summed E-state index contributed by atoms with van der Waals surface area (Å²) < 4.78 is 2.07. The molecular weight excluding hydrogens is 506 g/mol. The maximum absolute atomic E-state index is 5.20. The van der Waals surface area contributed by atoms with Crippen LogP contribution in [0.1, 0.15) is 18.1 Å². The zero-order valence-electron chi connectivity index (χ0n) is 22.4. The molecule has 0 aliphatic heterocycles. The smallest absolute Gasteiger partial charge is 0.165 e. The average molecular weight is 534 g/mol. The summed E-state index contributed by atoms with van der Waals surface area (Å²) in [6, 6.07) is 40.6. The molecule has 0 aliphatic rings. The van der Waals surface area contributed by atoms with E-state index < -0.39 is 0 Å². The number of aromatic nitrogens is 3. The van der Waals surface area contributed by atoms with Gasteiger partial charge in [-0.1, -0.05) is 109 Å². The van der Waals surface area contributed by atoms with Crippen LogP contribution in [-0.4, -0.2) is 14.4 Å². The molecule has 3 nitrogen and oxygen atoms in total. The summed E-state index contributed by atoms with van der Waals surface area (Å²) in [7, 11) is 0. The number of imidazole rings is 1. The third kappa shape index (κ3) is 4.27. The molecule has 0 bridgehead atoms. The van der Waals surface area contributed by atoms with Gasteiger partial charge in [0.05, 0.1) is 5.69 Å². The van der Waals surface area contributed by atoms with Crippen LogP contribution >= 0.6 is 11.8 Å². The van der Waals surface area contributed by atoms with Crippen molar-refractivity contribution in [3.63, 3.8) is 0 Å². The van der Waals surface area contributed by atoms with Crippen LogP contribution in [0.2, 0.25) is 0 Å². The highest BCUT2D eigenvalue weighted by Crippen LogP contribution is 2.39. The SMILES string of the molecule is C/C=C(\Sc1cc(-c2cccc(-c3nc4c(nc5ccccn54)c4ccccc34)c2)ccc1C)c1ccccc1. The first-order valence-corrected chi connectivity index (χ1v) is 14.3. The van der Waals surface area contributed by atoms with E-state index in [9.17, 15) is 0 Å². The van der Waals surface area contributed by atoms with E-state index in [0.29, 0.717) is 0 Å². The second kappa shape index (κ2) is 10.1. The number of pyridine rings is 2. The Balaban J connectivity index is 1.33. The first kappa shape index (κ1) is 24.4. The van der Waals surface area contributed by atoms with Crippen LogP contribution in [0.3, 0.4) is 0 Å². The zero-order chi connectivity index (χ0) is 27.1. The van der Waals surface area contributed by atoms with Crippen LogP contribution in [0.4, 0.5) is 0 Å². The van der Waals surface area contributed by atoms with Crippen LogP contribution in [0, 0.1) is 6.92 Å². The van der Waals surface area contributed by atoms with E-state index in [0.717, 1.165) is 38.8 Å². The van der Waals surface area contributed by atoms with Crippen molar-refractivity contribution in [3.8, 4) is 22.4 Å². The zero-order valence-corrected chi connectivity index (χ0v) is 23.2. The third-order valence-corrected chi connectivity index (χ3v) is 8.71. The number of nitrogens with zero attached hydrogens (tertiary/aromatic N) is 3. The van der Waals surface area contributed by atoms with E-state index in [4.69, 9.17) is 9.97 Å². The fourth-order valence-corrected chi connectivity index (χ4v) is 6.32. The topological polar surface area (TPSA) is 30.2 Å². The largest absolute Gasteiger partial charge is 0.284 e. The lowest BCUT2D eigenvalue weighted by Gasteiger charge is -2.13. The van der Waals surface area contributed by atoms with Crippen LogP contribution in [0.5, 0.6) is 0 Å². The van der Waals surface area contributed by atoms with E-state index in [2.05, 4.69) is 121 Å². The van der Waals surface area contributed by atoms with E-state index in [-0.39, 0.29) is 0 Å². The minimum Gasteiger partial charge on any atom is -0.284 e. The molecule has 0 spiro atoms. The molecule has 0 amide bonds. The van der Waals surface area contributed by atoms with Crippen molar-refractivity contribution < 1.29 is 0 Å². The van der Waals surface area contributed by atoms with Crippen molar-refractivity contribution >= 4 is 44.3 Å². The van der Waals surface area contributed by atoms with Crippen LogP contribution in [0.15, 0.2) is 132 Å². The Morgan fingerprint density at radius 3 is 2.30 bits per heavy atom. The van der Waals surface area contributed by atoms with E-state index >= 15 is 0 Å². The monoisotopic (exact) mass is 533 g/mol. The number of rotatable bonds is 5. The molecule has 40 heavy (non-hydrogen) atoms. The van der Waals surface area contributed by atoms with Crippen molar-refractivity contribution in [2.45, 2.75) is 18.7 Å². The maximum atomic E-state index is 5.20. The molecule has 0 aliphatic carbocycles. The normalized spacial score (nSPS) is 12.0. The molecule has 0 saturated carbocycles. The lowest BCUT2D eigenvalue weighted by molar-refractivity contribution is 1.19. The van der Waals surface area contributed by atoms with E-state index in [1.165, 1.54) is 32.1 Å². The molecule has 0 N–H and O–H groups in total. The Morgan fingerprint density at radius 2 is 1.45 bits per heavy atom. The Morgan fingerprint density at radius 1 is 0.700 bits per heavy atom. The molecule has 4 heteroatoms. The van der Waals surface area contributed by atoms with Gasteiger partial charge in [0.1, 0.15) is 11.2 Å². The molecule has 3 aromatic heterocycles. The Hall–Kier alpha value is -4.67. The van der Waals surface area contributed by atoms with Crippen LogP contribution < -0.4 is 0 Å². The highest BCUT2D eigenvalue weighted by molar-refractivity contribution is 8.08. The van der Waals surface area contributed by atoms with Gasteiger partial charge < -0.3 is 0 Å². The van der Waals surface area contributed by atoms with Gasteiger partial charge in [0.15, 0.2) is 5.65 Å². The summed E-state index contributed by atoms with van der Waals surface area (Å²) in [4.78, 5) is 12.6. The van der Waals surface area contributed by atoms with E-state index in [1.807, 2.05) is 36.2 Å². The van der Waals surface area contributed by atoms with Crippen molar-refractivity contribution in [1.82, 2.24) is 14.4 Å². The van der Waals surface area contributed by atoms with Gasteiger partial charge in [0.2, 0.25) is 0 Å². The standard InChI is InChI=1S/C36H27N3S/c1-3-31(25-12-5-4-6-13-25)40-32-23-27(20-19-24(32)2)26-14-11-15-28(22-26)34-29-16-7-8-17-30(29)35-36(38-34)39-21-10-9-18-33(39)37-35/h3-23H,1-2H3/b31-3-. The molecule has 0 atom stereocenters. The number of aryl methyl sites for hydroxylation is 1. The minimum atomic E-state index is 0.878. The molecule has 4 aromatic carbocycles. The van der Waals surface area contributed by atoms with E-state index in [1.54, 1.807) is 0 Å². The number of benzene rings is 4. The number of allylic oxidation sites excluding steroid dienone is 1. The van der Waals surface area contributed by atoms with Gasteiger partial charge in [-0.05, 0) is 60.4 Å². The van der Waals surface area contributed by atoms with Crippen LogP contribution in [0.25, 0.3) is 54.9 Å². The van der Waals surface area contributed by atoms with Crippen LogP contribution in [-0.2, 0) is 0 Å². The molecule has 192 valence electrons. The Kier molecular flexibility index (Phi) is 6.18. The average Bonchev–Trinajstić information content (AvgIpc) is 3.40. The second-order valence-corrected chi connectivity index (χ2v) is 11.0. The third-order valence-electron chi connectivity index (χ3n) is 7.36. The number of hydrogen-bond acceptors (Lipinski definition) is 3. The first-order chi connectivity index (χ1) is 19.7. The first-order valence-electron chi connectivity index (χ1n) is 13.5. The maximum Gasteiger partial charge on any atom is 0.165 e. The molecule has 7 aromatic rings. The number of fused-ring (bicyclic) bond motifs is 5. The van der Waals surface area contributed by atoms with Gasteiger partial charge in [0.25, 0.3) is 0 Å². The fourth-order valence-electron chi connectivity index (χ4n) is 5.29. The van der Waals surface area contributed by atoms with Gasteiger partial charge in [-0.3, -0.25) is 4.40 Å². The summed E-state index contributed by atoms with van der Waals surface area (Å²) in [6.45, 7) is 4.29. The predicted molar refractivity (Wildman–Crippen MR) is 170 cm³/mol. The predicted octanol–water partition coefficient (Wildman–Crippen LogP) is 9.83. The van der Waals surface area contributed by atoms with Crippen molar-refractivity contribution in [1.29, 1.82) is 0 Å². The molecule has 7 rings (SSSR count). The highest BCUT2D eigenvalue weighted by Gasteiger charge is 2.15. The molecular formula is C36H27N3S. The molecule has 3 heterocycles. The summed E-state index contributed by atoms with van der Waals surface area (Å²) in [5.74, 6) is 0. The lowest BCUT2D eigenvalue weighted by Crippen LogP contribution is -1.92. The quantitative estimate of drug-likeness (QED) is 0.206. The lowest BCUT2D eigenvalue weighted by atomic mass is 9.98. The summed E-state index contributed by atoms with van der Waals surface area (Å²) in [5, 5.41) is 2.22. The van der Waals surface area contributed by atoms with Gasteiger partial charge in [0, 0.05) is 32.3 Å². The molecule has 0 saturated heterocycles. The summed E-state index contributed by atoms with van der Waals surface area (Å²) in [5.41, 5.74) is 9.65. The minimum absolute atomic E-state index is 0.878. The van der Waals surface area contributed by atoms with Gasteiger partial charge >= 0.3 is 0 Å². The van der Waals surface area contributed by atoms with Gasteiger partial charge in [-0.25, -0.2) is 9.97 Å². The fraction of sp³-hybridized carbons (Fsp3) is 0.0556.